The summed E-state index contributed by atoms with van der Waals surface area (Å²) < 4.78 is 0. The molecule has 0 bridgehead atoms. The Labute approximate surface area is 121 Å². The number of rotatable bonds is 2. The second-order valence-electron chi connectivity index (χ2n) is 5.16. The highest BCUT2D eigenvalue weighted by Gasteiger charge is 2.24. The lowest BCUT2D eigenvalue weighted by Gasteiger charge is -2.06. The molecule has 0 atom stereocenters. The minimum absolute atomic E-state index is 0.627. The van der Waals surface area contributed by atoms with E-state index in [9.17, 15) is 0 Å². The van der Waals surface area contributed by atoms with E-state index >= 15 is 0 Å². The van der Waals surface area contributed by atoms with Crippen LogP contribution in [0.25, 0.3) is 11.4 Å². The molecule has 96 valence electrons. The monoisotopic (exact) mass is 288 g/mol. The summed E-state index contributed by atoms with van der Waals surface area (Å²) in [6, 6.07) is 8.60. The first-order chi connectivity index (χ1) is 9.31. The Balaban J connectivity index is 1.79. The maximum Gasteiger partial charge on any atom is 0.161 e. The molecule has 1 aromatic carbocycles. The lowest BCUT2D eigenvalue weighted by molar-refractivity contribution is 1.07. The zero-order valence-electron chi connectivity index (χ0n) is 10.4. The third kappa shape index (κ3) is 2.15. The van der Waals surface area contributed by atoms with Gasteiger partial charge >= 0.3 is 0 Å². The van der Waals surface area contributed by atoms with Crippen molar-refractivity contribution in [3.63, 3.8) is 0 Å². The van der Waals surface area contributed by atoms with Crippen molar-refractivity contribution in [2.45, 2.75) is 30.3 Å². The maximum absolute atomic E-state index is 6.27. The van der Waals surface area contributed by atoms with E-state index in [4.69, 9.17) is 11.6 Å². The first kappa shape index (κ1) is 11.7. The second kappa shape index (κ2) is 4.50. The van der Waals surface area contributed by atoms with Crippen LogP contribution < -0.4 is 0 Å². The summed E-state index contributed by atoms with van der Waals surface area (Å²) in [5, 5.41) is 0.627. The molecule has 19 heavy (non-hydrogen) atoms. The predicted molar refractivity (Wildman–Crippen MR) is 79.5 cm³/mol. The van der Waals surface area contributed by atoms with Crippen molar-refractivity contribution in [3.05, 3.63) is 46.2 Å². The summed E-state index contributed by atoms with van der Waals surface area (Å²) in [5.41, 5.74) is 4.73. The average Bonchev–Trinajstić information content (AvgIpc) is 3.17. The topological polar surface area (TPSA) is 25.8 Å². The average molecular weight is 289 g/mol. The quantitative estimate of drug-likeness (QED) is 0.765. The van der Waals surface area contributed by atoms with Gasteiger partial charge in [-0.25, -0.2) is 9.97 Å². The third-order valence-corrected chi connectivity index (χ3v) is 5.00. The van der Waals surface area contributed by atoms with E-state index in [2.05, 4.69) is 34.2 Å². The van der Waals surface area contributed by atoms with E-state index in [0.29, 0.717) is 5.15 Å². The van der Waals surface area contributed by atoms with Gasteiger partial charge in [0.05, 0.1) is 5.69 Å². The normalized spacial score (nSPS) is 17.5. The van der Waals surface area contributed by atoms with E-state index in [1.54, 1.807) is 0 Å². The fraction of sp³-hybridized carbons (Fsp3) is 0.333. The maximum atomic E-state index is 6.27. The van der Waals surface area contributed by atoms with Crippen LogP contribution in [-0.2, 0) is 11.5 Å². The van der Waals surface area contributed by atoms with Crippen LogP contribution in [0.4, 0.5) is 0 Å². The zero-order valence-corrected chi connectivity index (χ0v) is 12.0. The number of benzene rings is 1. The molecule has 1 aliphatic heterocycles. The molecular formula is C15H13ClN2S. The van der Waals surface area contributed by atoms with Gasteiger partial charge in [-0.3, -0.25) is 0 Å². The highest BCUT2D eigenvalue weighted by molar-refractivity contribution is 7.98. The molecule has 1 fully saturated rings. The van der Waals surface area contributed by atoms with Gasteiger partial charge in [0.1, 0.15) is 5.15 Å². The van der Waals surface area contributed by atoms with Crippen molar-refractivity contribution < 1.29 is 0 Å². The summed E-state index contributed by atoms with van der Waals surface area (Å²) in [6.45, 7) is 0. The fourth-order valence-electron chi connectivity index (χ4n) is 2.49. The van der Waals surface area contributed by atoms with Crippen LogP contribution in [0.5, 0.6) is 0 Å². The van der Waals surface area contributed by atoms with E-state index in [-0.39, 0.29) is 0 Å². The van der Waals surface area contributed by atoms with Crippen LogP contribution in [0.2, 0.25) is 5.15 Å². The van der Waals surface area contributed by atoms with Crippen LogP contribution in [0.1, 0.15) is 35.6 Å². The molecule has 4 heteroatoms. The number of nitrogens with zero attached hydrogens (tertiary/aromatic N) is 2. The first-order valence-electron chi connectivity index (χ1n) is 6.54. The number of hydrogen-bond acceptors (Lipinski definition) is 3. The molecule has 0 amide bonds. The Morgan fingerprint density at radius 2 is 2.05 bits per heavy atom. The van der Waals surface area contributed by atoms with Crippen molar-refractivity contribution in [3.8, 4) is 11.4 Å². The molecule has 1 saturated carbocycles. The smallest absolute Gasteiger partial charge is 0.161 e. The number of aromatic nitrogens is 2. The molecule has 0 radical (unpaired) electrons. The minimum Gasteiger partial charge on any atom is -0.232 e. The van der Waals surface area contributed by atoms with Gasteiger partial charge in [-0.2, -0.15) is 11.8 Å². The molecule has 0 saturated heterocycles. The minimum atomic E-state index is 0.627. The van der Waals surface area contributed by atoms with E-state index in [1.807, 2.05) is 11.8 Å². The SMILES string of the molecule is Clc1nc(-c2cccc(C3CC3)c2)nc2c1CSC2. The van der Waals surface area contributed by atoms with Crippen LogP contribution in [0, 0.1) is 0 Å². The molecule has 0 spiro atoms. The summed E-state index contributed by atoms with van der Waals surface area (Å²) in [4.78, 5) is 9.17. The van der Waals surface area contributed by atoms with Gasteiger partial charge in [0, 0.05) is 22.6 Å². The van der Waals surface area contributed by atoms with Crippen molar-refractivity contribution >= 4 is 23.4 Å². The van der Waals surface area contributed by atoms with E-state index < -0.39 is 0 Å². The Hall–Kier alpha value is -1.06. The Morgan fingerprint density at radius 1 is 1.16 bits per heavy atom. The Kier molecular flexibility index (Phi) is 2.78. The molecule has 2 heterocycles. The molecule has 2 aromatic rings. The van der Waals surface area contributed by atoms with Gasteiger partial charge in [-0.05, 0) is 30.4 Å². The summed E-state index contributed by atoms with van der Waals surface area (Å²) in [6.07, 6.45) is 2.62. The van der Waals surface area contributed by atoms with Crippen LogP contribution >= 0.6 is 23.4 Å². The van der Waals surface area contributed by atoms with Gasteiger partial charge in [0.15, 0.2) is 5.82 Å². The Morgan fingerprint density at radius 3 is 2.89 bits per heavy atom. The summed E-state index contributed by atoms with van der Waals surface area (Å²) in [5.74, 6) is 3.41. The van der Waals surface area contributed by atoms with Crippen molar-refractivity contribution in [1.29, 1.82) is 0 Å². The molecular weight excluding hydrogens is 276 g/mol. The van der Waals surface area contributed by atoms with Crippen LogP contribution in [0.15, 0.2) is 24.3 Å². The van der Waals surface area contributed by atoms with Gasteiger partial charge in [-0.1, -0.05) is 29.8 Å². The largest absolute Gasteiger partial charge is 0.232 e. The molecule has 2 aliphatic rings. The first-order valence-corrected chi connectivity index (χ1v) is 8.08. The molecule has 1 aliphatic carbocycles. The van der Waals surface area contributed by atoms with Crippen molar-refractivity contribution in [2.75, 3.05) is 0 Å². The zero-order chi connectivity index (χ0) is 12.8. The van der Waals surface area contributed by atoms with Gasteiger partial charge in [0.2, 0.25) is 0 Å². The van der Waals surface area contributed by atoms with Crippen molar-refractivity contribution in [2.24, 2.45) is 0 Å². The van der Waals surface area contributed by atoms with Gasteiger partial charge < -0.3 is 0 Å². The molecule has 0 unspecified atom stereocenters. The van der Waals surface area contributed by atoms with Gasteiger partial charge in [0.25, 0.3) is 0 Å². The molecule has 0 N–H and O–H groups in total. The highest BCUT2D eigenvalue weighted by Crippen LogP contribution is 2.41. The summed E-state index contributed by atoms with van der Waals surface area (Å²) in [7, 11) is 0. The van der Waals surface area contributed by atoms with E-state index in [1.165, 1.54) is 18.4 Å². The summed E-state index contributed by atoms with van der Waals surface area (Å²) >= 11 is 8.13. The van der Waals surface area contributed by atoms with Crippen molar-refractivity contribution in [1.82, 2.24) is 9.97 Å². The molecule has 1 aromatic heterocycles. The second-order valence-corrected chi connectivity index (χ2v) is 6.50. The number of halogens is 1. The highest BCUT2D eigenvalue weighted by atomic mass is 35.5. The number of fused-ring (bicyclic) bond motifs is 1. The fourth-order valence-corrected chi connectivity index (χ4v) is 3.87. The predicted octanol–water partition coefficient (Wildman–Crippen LogP) is 4.42. The van der Waals surface area contributed by atoms with Gasteiger partial charge in [-0.15, -0.1) is 0 Å². The van der Waals surface area contributed by atoms with E-state index in [0.717, 1.165) is 40.1 Å². The molecule has 4 rings (SSSR count). The van der Waals surface area contributed by atoms with Crippen LogP contribution in [-0.4, -0.2) is 9.97 Å². The Bertz CT molecular complexity index is 653. The lowest BCUT2D eigenvalue weighted by Crippen LogP contribution is -1.97. The third-order valence-electron chi connectivity index (χ3n) is 3.72. The standard InChI is InChI=1S/C15H13ClN2S/c16-14-12-7-19-8-13(12)17-15(18-14)11-3-1-2-10(6-11)9-4-5-9/h1-3,6,9H,4-5,7-8H2. The molecule has 2 nitrogen and oxygen atoms in total. The number of thioether (sulfide) groups is 1. The number of hydrogen-bond donors (Lipinski definition) is 0. The lowest BCUT2D eigenvalue weighted by atomic mass is 10.1. The van der Waals surface area contributed by atoms with Crippen LogP contribution in [0.3, 0.4) is 0 Å².